The standard InChI is InChI=1S/C11H20N2O4/c1-17-6-4-9(11(15)16)13-10(14)8-3-2-5-12-7-8/h8-9,12H,2-7H2,1H3,(H,13,14)(H,15,16)/t8-,9?/m1/s1. The lowest BCUT2D eigenvalue weighted by molar-refractivity contribution is -0.143. The van der Waals surface area contributed by atoms with E-state index in [0.717, 1.165) is 19.4 Å². The maximum Gasteiger partial charge on any atom is 0.326 e. The second-order valence-corrected chi connectivity index (χ2v) is 4.22. The zero-order valence-electron chi connectivity index (χ0n) is 10.1. The van der Waals surface area contributed by atoms with Crippen LogP contribution in [0.4, 0.5) is 0 Å². The number of piperidine rings is 1. The van der Waals surface area contributed by atoms with Gasteiger partial charge in [-0.15, -0.1) is 0 Å². The number of carboxylic acid groups (broad SMARTS) is 1. The SMILES string of the molecule is COCCC(NC(=O)[C@@H]1CCCNC1)C(=O)O. The summed E-state index contributed by atoms with van der Waals surface area (Å²) in [4.78, 5) is 22.8. The summed E-state index contributed by atoms with van der Waals surface area (Å²) in [5, 5.41) is 14.7. The molecular formula is C11H20N2O4. The minimum absolute atomic E-state index is 0.117. The van der Waals surface area contributed by atoms with Crippen LogP contribution in [0.5, 0.6) is 0 Å². The van der Waals surface area contributed by atoms with Crippen LogP contribution in [0.3, 0.4) is 0 Å². The molecule has 98 valence electrons. The van der Waals surface area contributed by atoms with Crippen LogP contribution in [0.1, 0.15) is 19.3 Å². The van der Waals surface area contributed by atoms with Crippen LogP contribution in [0, 0.1) is 5.92 Å². The largest absolute Gasteiger partial charge is 0.480 e. The van der Waals surface area contributed by atoms with Gasteiger partial charge in [0, 0.05) is 26.7 Å². The molecule has 1 rings (SSSR count). The van der Waals surface area contributed by atoms with Crippen LogP contribution in [-0.2, 0) is 14.3 Å². The summed E-state index contributed by atoms with van der Waals surface area (Å²) in [5.41, 5.74) is 0. The molecule has 1 saturated heterocycles. The van der Waals surface area contributed by atoms with Crippen molar-refractivity contribution in [2.75, 3.05) is 26.8 Å². The first-order valence-electron chi connectivity index (χ1n) is 5.88. The maximum absolute atomic E-state index is 11.8. The molecule has 1 aliphatic heterocycles. The van der Waals surface area contributed by atoms with Crippen LogP contribution >= 0.6 is 0 Å². The first kappa shape index (κ1) is 13.9. The van der Waals surface area contributed by atoms with E-state index in [0.29, 0.717) is 13.2 Å². The van der Waals surface area contributed by atoms with Gasteiger partial charge in [0.15, 0.2) is 0 Å². The average Bonchev–Trinajstić information content (AvgIpc) is 2.35. The minimum Gasteiger partial charge on any atom is -0.480 e. The maximum atomic E-state index is 11.8. The van der Waals surface area contributed by atoms with Crippen LogP contribution in [-0.4, -0.2) is 49.8 Å². The summed E-state index contributed by atoms with van der Waals surface area (Å²) in [6.45, 7) is 1.87. The molecule has 0 spiro atoms. The van der Waals surface area contributed by atoms with E-state index in [9.17, 15) is 9.59 Å². The van der Waals surface area contributed by atoms with Crippen molar-refractivity contribution in [2.24, 2.45) is 5.92 Å². The molecule has 0 aromatic heterocycles. The number of aliphatic carboxylic acids is 1. The van der Waals surface area contributed by atoms with Gasteiger partial charge in [-0.2, -0.15) is 0 Å². The molecule has 6 nitrogen and oxygen atoms in total. The highest BCUT2D eigenvalue weighted by molar-refractivity contribution is 5.85. The molecule has 1 aliphatic rings. The third-order valence-electron chi connectivity index (χ3n) is 2.89. The number of nitrogens with one attached hydrogen (secondary N) is 2. The molecule has 0 aliphatic carbocycles. The van der Waals surface area contributed by atoms with Gasteiger partial charge in [-0.25, -0.2) is 4.79 Å². The lowest BCUT2D eigenvalue weighted by atomic mass is 9.98. The van der Waals surface area contributed by atoms with Crippen molar-refractivity contribution in [3.8, 4) is 0 Å². The zero-order chi connectivity index (χ0) is 12.7. The monoisotopic (exact) mass is 244 g/mol. The highest BCUT2D eigenvalue weighted by atomic mass is 16.5. The molecule has 1 unspecified atom stereocenters. The fourth-order valence-corrected chi connectivity index (χ4v) is 1.86. The number of amides is 1. The van der Waals surface area contributed by atoms with E-state index in [-0.39, 0.29) is 18.2 Å². The second kappa shape index (κ2) is 7.24. The fourth-order valence-electron chi connectivity index (χ4n) is 1.86. The number of hydrogen-bond donors (Lipinski definition) is 3. The molecule has 0 saturated carbocycles. The Morgan fingerprint density at radius 1 is 1.59 bits per heavy atom. The van der Waals surface area contributed by atoms with Crippen molar-refractivity contribution >= 4 is 11.9 Å². The summed E-state index contributed by atoms with van der Waals surface area (Å²) in [7, 11) is 1.51. The van der Waals surface area contributed by atoms with Crippen molar-refractivity contribution in [2.45, 2.75) is 25.3 Å². The van der Waals surface area contributed by atoms with Gasteiger partial charge in [-0.05, 0) is 19.4 Å². The number of carbonyl (C=O) groups excluding carboxylic acids is 1. The van der Waals surface area contributed by atoms with Crippen molar-refractivity contribution in [3.63, 3.8) is 0 Å². The molecular weight excluding hydrogens is 224 g/mol. The minimum atomic E-state index is -1.01. The van der Waals surface area contributed by atoms with Gasteiger partial charge in [0.2, 0.25) is 5.91 Å². The first-order chi connectivity index (χ1) is 8.15. The number of hydrogen-bond acceptors (Lipinski definition) is 4. The molecule has 1 amide bonds. The van der Waals surface area contributed by atoms with Crippen molar-refractivity contribution in [3.05, 3.63) is 0 Å². The van der Waals surface area contributed by atoms with E-state index in [2.05, 4.69) is 10.6 Å². The summed E-state index contributed by atoms with van der Waals surface area (Å²) in [5.74, 6) is -1.31. The molecule has 17 heavy (non-hydrogen) atoms. The normalized spacial score (nSPS) is 21.8. The lowest BCUT2D eigenvalue weighted by Crippen LogP contribution is -2.47. The molecule has 1 fully saturated rings. The van der Waals surface area contributed by atoms with Gasteiger partial charge in [-0.1, -0.05) is 0 Å². The third-order valence-corrected chi connectivity index (χ3v) is 2.89. The van der Waals surface area contributed by atoms with Crippen LogP contribution in [0.2, 0.25) is 0 Å². The Hall–Kier alpha value is -1.14. The van der Waals surface area contributed by atoms with Crippen LogP contribution in [0.25, 0.3) is 0 Å². The van der Waals surface area contributed by atoms with E-state index in [1.165, 1.54) is 7.11 Å². The fraction of sp³-hybridized carbons (Fsp3) is 0.818. The topological polar surface area (TPSA) is 87.7 Å². The predicted octanol–water partition coefficient (Wildman–Crippen LogP) is -0.408. The van der Waals surface area contributed by atoms with Crippen molar-refractivity contribution < 1.29 is 19.4 Å². The molecule has 0 radical (unpaired) electrons. The highest BCUT2D eigenvalue weighted by Crippen LogP contribution is 2.10. The quantitative estimate of drug-likeness (QED) is 0.591. The Bertz CT molecular complexity index is 264. The molecule has 6 heteroatoms. The number of ether oxygens (including phenoxy) is 1. The summed E-state index contributed by atoms with van der Waals surface area (Å²) in [6.07, 6.45) is 2.06. The van der Waals surface area contributed by atoms with Gasteiger partial charge in [0.05, 0.1) is 5.92 Å². The Morgan fingerprint density at radius 3 is 2.88 bits per heavy atom. The molecule has 0 aromatic rings. The number of rotatable bonds is 6. The van der Waals surface area contributed by atoms with E-state index < -0.39 is 12.0 Å². The Labute approximate surface area is 101 Å². The van der Waals surface area contributed by atoms with E-state index in [1.807, 2.05) is 0 Å². The predicted molar refractivity (Wildman–Crippen MR) is 61.7 cm³/mol. The van der Waals surface area contributed by atoms with E-state index >= 15 is 0 Å². The van der Waals surface area contributed by atoms with Crippen LogP contribution < -0.4 is 10.6 Å². The Balaban J connectivity index is 2.42. The Morgan fingerprint density at radius 2 is 2.35 bits per heavy atom. The van der Waals surface area contributed by atoms with E-state index in [1.54, 1.807) is 0 Å². The number of carbonyl (C=O) groups is 2. The number of methoxy groups -OCH3 is 1. The number of carboxylic acids is 1. The zero-order valence-corrected chi connectivity index (χ0v) is 10.1. The summed E-state index contributed by atoms with van der Waals surface area (Å²) < 4.78 is 4.82. The van der Waals surface area contributed by atoms with Crippen molar-refractivity contribution in [1.82, 2.24) is 10.6 Å². The van der Waals surface area contributed by atoms with Gasteiger partial charge >= 0.3 is 5.97 Å². The Kier molecular flexibility index (Phi) is 5.93. The summed E-state index contributed by atoms with van der Waals surface area (Å²) >= 11 is 0. The van der Waals surface area contributed by atoms with Gasteiger partial charge in [-0.3, -0.25) is 4.79 Å². The lowest BCUT2D eigenvalue weighted by Gasteiger charge is -2.23. The highest BCUT2D eigenvalue weighted by Gasteiger charge is 2.25. The average molecular weight is 244 g/mol. The molecule has 3 N–H and O–H groups in total. The van der Waals surface area contributed by atoms with Crippen LogP contribution in [0.15, 0.2) is 0 Å². The van der Waals surface area contributed by atoms with Gasteiger partial charge < -0.3 is 20.5 Å². The van der Waals surface area contributed by atoms with E-state index in [4.69, 9.17) is 9.84 Å². The third kappa shape index (κ3) is 4.70. The van der Waals surface area contributed by atoms with Gasteiger partial charge in [0.1, 0.15) is 6.04 Å². The second-order valence-electron chi connectivity index (χ2n) is 4.22. The molecule has 1 heterocycles. The van der Waals surface area contributed by atoms with Crippen molar-refractivity contribution in [1.29, 1.82) is 0 Å². The smallest absolute Gasteiger partial charge is 0.326 e. The molecule has 0 aromatic carbocycles. The molecule has 0 bridgehead atoms. The molecule has 2 atom stereocenters. The first-order valence-corrected chi connectivity index (χ1v) is 5.88. The summed E-state index contributed by atoms with van der Waals surface area (Å²) in [6, 6.07) is -0.857. The van der Waals surface area contributed by atoms with Gasteiger partial charge in [0.25, 0.3) is 0 Å².